The van der Waals surface area contributed by atoms with E-state index in [0.717, 1.165) is 17.2 Å². The molecule has 3 unspecified atom stereocenters. The van der Waals surface area contributed by atoms with Gasteiger partial charge in [0.25, 0.3) is 0 Å². The molecule has 0 spiro atoms. The number of carbonyl (C=O) groups excluding carboxylic acids is 1. The van der Waals surface area contributed by atoms with Crippen LogP contribution >= 0.6 is 0 Å². The van der Waals surface area contributed by atoms with Gasteiger partial charge >= 0.3 is 5.97 Å². The van der Waals surface area contributed by atoms with Gasteiger partial charge in [0.1, 0.15) is 46.5 Å². The standard InChI is InChI=1S/C32H38N4O7/c1-4-17(2)31(40)42-24-14-21-28(39)27-23(38)13-20(16-37)41-30(27)22(11-19-8-10-35-26(34)12-19)29(21)43-32(24,3)9-7-18-5-6-25(33)36-15-18/h4-6,8,12-13,15,24-25,35-37,39H,7,9-11,14,16,33-34H2,1-3H3. The maximum atomic E-state index is 13.2. The van der Waals surface area contributed by atoms with Gasteiger partial charge in [0.05, 0.1) is 12.0 Å². The number of hydrogen-bond donors (Lipinski definition) is 6. The van der Waals surface area contributed by atoms with Crippen LogP contribution in [0.5, 0.6) is 11.5 Å². The maximum absolute atomic E-state index is 13.2. The summed E-state index contributed by atoms with van der Waals surface area (Å²) in [5.41, 5.74) is 13.7. The van der Waals surface area contributed by atoms with Crippen LogP contribution in [0.15, 0.2) is 74.4 Å². The van der Waals surface area contributed by atoms with Crippen molar-refractivity contribution in [2.75, 3.05) is 6.54 Å². The number of fused-ring (bicyclic) bond motifs is 2. The van der Waals surface area contributed by atoms with E-state index in [4.69, 9.17) is 25.4 Å². The highest BCUT2D eigenvalue weighted by molar-refractivity contribution is 5.91. The van der Waals surface area contributed by atoms with Crippen molar-refractivity contribution < 1.29 is 28.9 Å². The first kappa shape index (κ1) is 30.0. The molecule has 11 nitrogen and oxygen atoms in total. The van der Waals surface area contributed by atoms with Crippen LogP contribution in [0.1, 0.15) is 50.5 Å². The molecule has 1 aromatic heterocycles. The number of rotatable bonds is 8. The van der Waals surface area contributed by atoms with Crippen LogP contribution in [-0.2, 0) is 29.0 Å². The van der Waals surface area contributed by atoms with E-state index in [1.165, 1.54) is 0 Å². The summed E-state index contributed by atoms with van der Waals surface area (Å²) in [5.74, 6) is 0.0969. The Morgan fingerprint density at radius 3 is 2.79 bits per heavy atom. The first-order chi connectivity index (χ1) is 20.5. The van der Waals surface area contributed by atoms with Crippen LogP contribution in [0, 0.1) is 0 Å². The molecule has 5 rings (SSSR count). The molecular weight excluding hydrogens is 552 g/mol. The lowest BCUT2D eigenvalue weighted by Gasteiger charge is -2.43. The number of esters is 1. The minimum Gasteiger partial charge on any atom is -0.507 e. The summed E-state index contributed by atoms with van der Waals surface area (Å²) in [6.07, 6.45) is 11.4. The van der Waals surface area contributed by atoms with Crippen molar-refractivity contribution in [3.8, 4) is 11.5 Å². The molecule has 0 fully saturated rings. The Bertz CT molecular complexity index is 1670. The minimum absolute atomic E-state index is 0.0285. The molecular formula is C32H38N4O7. The summed E-state index contributed by atoms with van der Waals surface area (Å²) in [5, 5.41) is 27.4. The number of benzene rings is 1. The Hall–Kier alpha value is -4.48. The number of aromatic hydroxyl groups is 1. The third kappa shape index (κ3) is 6.04. The first-order valence-electron chi connectivity index (χ1n) is 14.3. The summed E-state index contributed by atoms with van der Waals surface area (Å²) >= 11 is 0. The lowest BCUT2D eigenvalue weighted by Crippen LogP contribution is -2.51. The van der Waals surface area contributed by atoms with Crippen LogP contribution < -0.4 is 32.3 Å². The van der Waals surface area contributed by atoms with E-state index in [0.29, 0.717) is 47.7 Å². The monoisotopic (exact) mass is 590 g/mol. The number of hydrogen-bond acceptors (Lipinski definition) is 11. The molecule has 0 radical (unpaired) electrons. The molecule has 43 heavy (non-hydrogen) atoms. The van der Waals surface area contributed by atoms with Gasteiger partial charge in [-0.3, -0.25) is 4.79 Å². The van der Waals surface area contributed by atoms with Gasteiger partial charge in [0, 0.05) is 48.4 Å². The Morgan fingerprint density at radius 2 is 2.12 bits per heavy atom. The van der Waals surface area contributed by atoms with Crippen molar-refractivity contribution in [2.24, 2.45) is 11.5 Å². The summed E-state index contributed by atoms with van der Waals surface area (Å²) in [7, 11) is 0. The quantitative estimate of drug-likeness (QED) is 0.196. The van der Waals surface area contributed by atoms with Crippen molar-refractivity contribution in [1.82, 2.24) is 10.6 Å². The predicted octanol–water partition coefficient (Wildman–Crippen LogP) is 2.54. The average molecular weight is 591 g/mol. The molecule has 3 aliphatic rings. The van der Waals surface area contributed by atoms with Gasteiger partial charge in [0.15, 0.2) is 5.43 Å². The highest BCUT2D eigenvalue weighted by Crippen LogP contribution is 2.48. The van der Waals surface area contributed by atoms with Gasteiger partial charge in [-0.1, -0.05) is 18.2 Å². The van der Waals surface area contributed by atoms with Crippen molar-refractivity contribution in [1.29, 1.82) is 0 Å². The topological polar surface area (TPSA) is 182 Å². The average Bonchev–Trinajstić information content (AvgIpc) is 2.99. The fourth-order valence-corrected chi connectivity index (χ4v) is 5.51. The maximum Gasteiger partial charge on any atom is 0.333 e. The first-order valence-corrected chi connectivity index (χ1v) is 14.3. The molecule has 0 saturated heterocycles. The predicted molar refractivity (Wildman–Crippen MR) is 162 cm³/mol. The molecule has 8 N–H and O–H groups in total. The number of dihydropyridines is 2. The van der Waals surface area contributed by atoms with E-state index in [1.807, 2.05) is 31.4 Å². The summed E-state index contributed by atoms with van der Waals surface area (Å²) in [6.45, 7) is 5.32. The van der Waals surface area contributed by atoms with E-state index in [9.17, 15) is 19.8 Å². The highest BCUT2D eigenvalue weighted by atomic mass is 16.6. The lowest BCUT2D eigenvalue weighted by atomic mass is 9.82. The number of carbonyl (C=O) groups is 1. The third-order valence-corrected chi connectivity index (χ3v) is 8.19. The molecule has 4 heterocycles. The summed E-state index contributed by atoms with van der Waals surface area (Å²) in [4.78, 5) is 26.2. The Balaban J connectivity index is 1.66. The zero-order chi connectivity index (χ0) is 30.9. The van der Waals surface area contributed by atoms with E-state index < -0.39 is 29.7 Å². The number of aliphatic hydroxyl groups is 1. The normalized spacial score (nSPS) is 23.3. The molecule has 2 aromatic rings. The number of phenols is 1. The van der Waals surface area contributed by atoms with Crippen LogP contribution in [0.2, 0.25) is 0 Å². The number of nitrogens with one attached hydrogen (secondary N) is 2. The van der Waals surface area contributed by atoms with E-state index in [1.54, 1.807) is 26.0 Å². The number of allylic oxidation sites excluding steroid dienone is 5. The second-order valence-corrected chi connectivity index (χ2v) is 11.3. The Labute approximate surface area is 249 Å². The van der Waals surface area contributed by atoms with E-state index in [-0.39, 0.29) is 41.5 Å². The second-order valence-electron chi connectivity index (χ2n) is 11.3. The van der Waals surface area contributed by atoms with E-state index in [2.05, 4.69) is 10.6 Å². The number of phenolic OH excluding ortho intramolecular Hbond substituents is 1. The molecule has 1 aromatic carbocycles. The van der Waals surface area contributed by atoms with Gasteiger partial charge in [-0.25, -0.2) is 4.79 Å². The van der Waals surface area contributed by atoms with Gasteiger partial charge < -0.3 is 46.2 Å². The van der Waals surface area contributed by atoms with Crippen molar-refractivity contribution in [2.45, 2.75) is 70.9 Å². The fraction of sp³-hybridized carbons (Fsp3) is 0.375. The van der Waals surface area contributed by atoms with Crippen LogP contribution in [0.25, 0.3) is 11.0 Å². The largest absolute Gasteiger partial charge is 0.507 e. The summed E-state index contributed by atoms with van der Waals surface area (Å²) < 4.78 is 18.8. The van der Waals surface area contributed by atoms with Crippen LogP contribution in [-0.4, -0.2) is 40.6 Å². The third-order valence-electron chi connectivity index (χ3n) is 8.19. The van der Waals surface area contributed by atoms with Gasteiger partial charge in [-0.15, -0.1) is 0 Å². The van der Waals surface area contributed by atoms with Crippen molar-refractivity contribution in [3.05, 3.63) is 92.3 Å². The van der Waals surface area contributed by atoms with Gasteiger partial charge in [0.2, 0.25) is 0 Å². The SMILES string of the molecule is CC=C(C)C(=O)OC1Cc2c(c(CC3=CCNC(N)=C3)c3oc(CO)cc(=O)c3c2O)OC1(C)CCC1=CNC(N)C=C1. The molecule has 0 aliphatic carbocycles. The smallest absolute Gasteiger partial charge is 0.333 e. The summed E-state index contributed by atoms with van der Waals surface area (Å²) in [6, 6.07) is 1.16. The molecule has 0 amide bonds. The molecule has 0 saturated carbocycles. The molecule has 0 bridgehead atoms. The van der Waals surface area contributed by atoms with Crippen LogP contribution in [0.4, 0.5) is 0 Å². The molecule has 228 valence electrons. The fourth-order valence-electron chi connectivity index (χ4n) is 5.51. The number of ether oxygens (including phenoxy) is 2. The van der Waals surface area contributed by atoms with Crippen molar-refractivity contribution >= 4 is 16.9 Å². The van der Waals surface area contributed by atoms with Crippen molar-refractivity contribution in [3.63, 3.8) is 0 Å². The number of nitrogens with two attached hydrogens (primary N) is 2. The zero-order valence-corrected chi connectivity index (χ0v) is 24.5. The Morgan fingerprint density at radius 1 is 1.33 bits per heavy atom. The molecule has 3 atom stereocenters. The van der Waals surface area contributed by atoms with Crippen LogP contribution in [0.3, 0.4) is 0 Å². The highest BCUT2D eigenvalue weighted by Gasteiger charge is 2.46. The van der Waals surface area contributed by atoms with Gasteiger partial charge in [-0.2, -0.15) is 0 Å². The number of aliphatic hydroxyl groups excluding tert-OH is 1. The van der Waals surface area contributed by atoms with Gasteiger partial charge in [-0.05, 0) is 56.9 Å². The minimum atomic E-state index is -1.04. The van der Waals surface area contributed by atoms with E-state index >= 15 is 0 Å². The molecule has 3 aliphatic heterocycles. The zero-order valence-electron chi connectivity index (χ0n) is 24.5. The lowest BCUT2D eigenvalue weighted by molar-refractivity contribution is -0.158. The Kier molecular flexibility index (Phi) is 8.38. The molecule has 11 heteroatoms. The second kappa shape index (κ2) is 12.0.